The molecular formula is C18H27NO2. The molecule has 1 saturated carbocycles. The first kappa shape index (κ1) is 14.9. The zero-order valence-corrected chi connectivity index (χ0v) is 13.1. The summed E-state index contributed by atoms with van der Waals surface area (Å²) in [6.07, 6.45) is 8.00. The summed E-state index contributed by atoms with van der Waals surface area (Å²) in [5, 5.41) is 3.66. The molecule has 0 amide bonds. The van der Waals surface area contributed by atoms with E-state index in [0.717, 1.165) is 38.9 Å². The van der Waals surface area contributed by atoms with E-state index < -0.39 is 0 Å². The number of rotatable bonds is 5. The normalized spacial score (nSPS) is 21.8. The van der Waals surface area contributed by atoms with Gasteiger partial charge in [-0.1, -0.05) is 25.5 Å². The van der Waals surface area contributed by atoms with E-state index >= 15 is 0 Å². The number of anilines is 1. The lowest BCUT2D eigenvalue weighted by molar-refractivity contribution is -0.177. The second kappa shape index (κ2) is 6.80. The van der Waals surface area contributed by atoms with Crippen molar-refractivity contribution in [1.29, 1.82) is 0 Å². The van der Waals surface area contributed by atoms with Crippen LogP contribution in [0, 0.1) is 0 Å². The highest BCUT2D eigenvalue weighted by molar-refractivity contribution is 5.45. The Balaban J connectivity index is 1.48. The molecule has 3 heteroatoms. The van der Waals surface area contributed by atoms with Gasteiger partial charge in [0.2, 0.25) is 0 Å². The third-order valence-electron chi connectivity index (χ3n) is 4.70. The quantitative estimate of drug-likeness (QED) is 0.884. The molecule has 1 aromatic rings. The van der Waals surface area contributed by atoms with Crippen LogP contribution in [-0.2, 0) is 15.9 Å². The number of unbranched alkanes of at least 4 members (excludes halogenated alkanes) is 1. The standard InChI is InChI=1S/C18H27NO2/c1-2-3-4-15-5-7-16(8-6-15)19-17-9-11-18(12-10-17)20-13-14-21-18/h5-8,17,19H,2-4,9-14H2,1H3. The topological polar surface area (TPSA) is 30.5 Å². The summed E-state index contributed by atoms with van der Waals surface area (Å²) in [6.45, 7) is 3.76. The summed E-state index contributed by atoms with van der Waals surface area (Å²) in [7, 11) is 0. The van der Waals surface area contributed by atoms with E-state index in [1.807, 2.05) is 0 Å². The molecular weight excluding hydrogens is 262 g/mol. The number of hydrogen-bond acceptors (Lipinski definition) is 3. The molecule has 0 unspecified atom stereocenters. The van der Waals surface area contributed by atoms with Crippen molar-refractivity contribution < 1.29 is 9.47 Å². The monoisotopic (exact) mass is 289 g/mol. The van der Waals surface area contributed by atoms with Crippen molar-refractivity contribution in [2.24, 2.45) is 0 Å². The highest BCUT2D eigenvalue weighted by atomic mass is 16.7. The van der Waals surface area contributed by atoms with E-state index in [1.54, 1.807) is 0 Å². The lowest BCUT2D eigenvalue weighted by atomic mass is 9.90. The van der Waals surface area contributed by atoms with Gasteiger partial charge in [0.1, 0.15) is 0 Å². The lowest BCUT2D eigenvalue weighted by Gasteiger charge is -2.36. The number of ether oxygens (including phenoxy) is 2. The molecule has 0 aromatic heterocycles. The van der Waals surface area contributed by atoms with Gasteiger partial charge in [0.05, 0.1) is 13.2 Å². The second-order valence-corrected chi connectivity index (χ2v) is 6.33. The largest absolute Gasteiger partial charge is 0.382 e. The predicted octanol–water partition coefficient (Wildman–Crippen LogP) is 4.13. The first-order valence-corrected chi connectivity index (χ1v) is 8.43. The predicted molar refractivity (Wildman–Crippen MR) is 85.6 cm³/mol. The van der Waals surface area contributed by atoms with Crippen LogP contribution in [-0.4, -0.2) is 25.0 Å². The molecule has 1 aliphatic heterocycles. The summed E-state index contributed by atoms with van der Waals surface area (Å²) < 4.78 is 11.6. The van der Waals surface area contributed by atoms with Crippen molar-refractivity contribution in [3.63, 3.8) is 0 Å². The minimum Gasteiger partial charge on any atom is -0.382 e. The third-order valence-corrected chi connectivity index (χ3v) is 4.70. The molecule has 1 saturated heterocycles. The van der Waals surface area contributed by atoms with Crippen LogP contribution in [0.25, 0.3) is 0 Å². The zero-order valence-electron chi connectivity index (χ0n) is 13.1. The Kier molecular flexibility index (Phi) is 4.81. The highest BCUT2D eigenvalue weighted by Gasteiger charge is 2.40. The second-order valence-electron chi connectivity index (χ2n) is 6.33. The van der Waals surface area contributed by atoms with Gasteiger partial charge in [0.15, 0.2) is 5.79 Å². The van der Waals surface area contributed by atoms with Crippen LogP contribution in [0.5, 0.6) is 0 Å². The van der Waals surface area contributed by atoms with Crippen LogP contribution < -0.4 is 5.32 Å². The van der Waals surface area contributed by atoms with Gasteiger partial charge in [0.25, 0.3) is 0 Å². The lowest BCUT2D eigenvalue weighted by Crippen LogP contribution is -2.39. The van der Waals surface area contributed by atoms with Gasteiger partial charge in [-0.2, -0.15) is 0 Å². The molecule has 0 bridgehead atoms. The SMILES string of the molecule is CCCCc1ccc(NC2CCC3(CC2)OCCO3)cc1. The average Bonchev–Trinajstić information content (AvgIpc) is 2.98. The Hall–Kier alpha value is -1.06. The van der Waals surface area contributed by atoms with Crippen molar-refractivity contribution in [2.75, 3.05) is 18.5 Å². The van der Waals surface area contributed by atoms with Crippen LogP contribution in [0.1, 0.15) is 51.0 Å². The highest BCUT2D eigenvalue weighted by Crippen LogP contribution is 2.36. The summed E-state index contributed by atoms with van der Waals surface area (Å²) in [4.78, 5) is 0. The Bertz CT molecular complexity index is 427. The summed E-state index contributed by atoms with van der Waals surface area (Å²) in [5.41, 5.74) is 2.68. The van der Waals surface area contributed by atoms with Crippen LogP contribution >= 0.6 is 0 Å². The van der Waals surface area contributed by atoms with Gasteiger partial charge in [-0.05, 0) is 43.4 Å². The molecule has 1 heterocycles. The molecule has 1 N–H and O–H groups in total. The molecule has 3 rings (SSSR count). The fourth-order valence-electron chi connectivity index (χ4n) is 3.37. The van der Waals surface area contributed by atoms with Crippen LogP contribution in [0.15, 0.2) is 24.3 Å². The molecule has 116 valence electrons. The summed E-state index contributed by atoms with van der Waals surface area (Å²) >= 11 is 0. The molecule has 2 fully saturated rings. The number of benzene rings is 1. The first-order chi connectivity index (χ1) is 10.3. The first-order valence-electron chi connectivity index (χ1n) is 8.43. The molecule has 1 spiro atoms. The van der Waals surface area contributed by atoms with Gasteiger partial charge >= 0.3 is 0 Å². The Morgan fingerprint density at radius 1 is 1.10 bits per heavy atom. The Morgan fingerprint density at radius 2 is 1.76 bits per heavy atom. The number of hydrogen-bond donors (Lipinski definition) is 1. The van der Waals surface area contributed by atoms with Gasteiger partial charge in [-0.25, -0.2) is 0 Å². The summed E-state index contributed by atoms with van der Waals surface area (Å²) in [5.74, 6) is -0.248. The Morgan fingerprint density at radius 3 is 2.38 bits per heavy atom. The van der Waals surface area contributed by atoms with Gasteiger partial charge < -0.3 is 14.8 Å². The molecule has 2 aliphatic rings. The average molecular weight is 289 g/mol. The van der Waals surface area contributed by atoms with Crippen molar-refractivity contribution in [2.45, 2.75) is 63.7 Å². The van der Waals surface area contributed by atoms with Gasteiger partial charge in [-0.15, -0.1) is 0 Å². The minimum absolute atomic E-state index is 0.248. The van der Waals surface area contributed by atoms with E-state index in [2.05, 4.69) is 36.5 Å². The van der Waals surface area contributed by atoms with E-state index in [1.165, 1.54) is 30.5 Å². The van der Waals surface area contributed by atoms with Crippen LogP contribution in [0.3, 0.4) is 0 Å². The number of aryl methyl sites for hydroxylation is 1. The smallest absolute Gasteiger partial charge is 0.168 e. The molecule has 0 radical (unpaired) electrons. The van der Waals surface area contributed by atoms with Crippen LogP contribution in [0.2, 0.25) is 0 Å². The van der Waals surface area contributed by atoms with E-state index in [9.17, 15) is 0 Å². The molecule has 3 nitrogen and oxygen atoms in total. The van der Waals surface area contributed by atoms with Gasteiger partial charge in [0, 0.05) is 24.6 Å². The van der Waals surface area contributed by atoms with Crippen molar-refractivity contribution in [3.05, 3.63) is 29.8 Å². The number of nitrogens with one attached hydrogen (secondary N) is 1. The van der Waals surface area contributed by atoms with E-state index in [0.29, 0.717) is 6.04 Å². The van der Waals surface area contributed by atoms with Gasteiger partial charge in [-0.3, -0.25) is 0 Å². The Labute approximate surface area is 128 Å². The maximum atomic E-state index is 5.78. The van der Waals surface area contributed by atoms with E-state index in [4.69, 9.17) is 9.47 Å². The van der Waals surface area contributed by atoms with Crippen LogP contribution in [0.4, 0.5) is 5.69 Å². The fraction of sp³-hybridized carbons (Fsp3) is 0.667. The molecule has 0 atom stereocenters. The summed E-state index contributed by atoms with van der Waals surface area (Å²) in [6, 6.07) is 9.50. The minimum atomic E-state index is -0.248. The zero-order chi connectivity index (χ0) is 14.5. The molecule has 1 aromatic carbocycles. The molecule has 21 heavy (non-hydrogen) atoms. The van der Waals surface area contributed by atoms with Crippen molar-refractivity contribution in [1.82, 2.24) is 0 Å². The van der Waals surface area contributed by atoms with Crippen molar-refractivity contribution in [3.8, 4) is 0 Å². The maximum absolute atomic E-state index is 5.78. The van der Waals surface area contributed by atoms with Crippen molar-refractivity contribution >= 4 is 5.69 Å². The molecule has 1 aliphatic carbocycles. The third kappa shape index (κ3) is 3.78. The maximum Gasteiger partial charge on any atom is 0.168 e. The van der Waals surface area contributed by atoms with E-state index in [-0.39, 0.29) is 5.79 Å². The fourth-order valence-corrected chi connectivity index (χ4v) is 3.37.